The van der Waals surface area contributed by atoms with Gasteiger partial charge in [-0.3, -0.25) is 4.79 Å². The topological polar surface area (TPSA) is 29.1 Å². The summed E-state index contributed by atoms with van der Waals surface area (Å²) >= 11 is 0. The standard InChI is InChI=1S/C17H27NO/c1-4-5-6-13-18-17(19)12-9-15-7-10-16(11-8-15)14(2)3/h7-8,10-11,14H,4-6,9,12-13H2,1-3H3,(H,18,19). The first kappa shape index (κ1) is 15.7. The van der Waals surface area contributed by atoms with Crippen molar-refractivity contribution in [2.24, 2.45) is 0 Å². The monoisotopic (exact) mass is 261 g/mol. The van der Waals surface area contributed by atoms with Gasteiger partial charge in [-0.15, -0.1) is 0 Å². The van der Waals surface area contributed by atoms with Crippen LogP contribution in [0, 0.1) is 0 Å². The molecule has 1 rings (SSSR count). The zero-order valence-electron chi connectivity index (χ0n) is 12.5. The van der Waals surface area contributed by atoms with Gasteiger partial charge in [0.15, 0.2) is 0 Å². The number of carbonyl (C=O) groups excluding carboxylic acids is 1. The number of hydrogen-bond donors (Lipinski definition) is 1. The predicted molar refractivity (Wildman–Crippen MR) is 81.4 cm³/mol. The van der Waals surface area contributed by atoms with Crippen molar-refractivity contribution in [3.63, 3.8) is 0 Å². The van der Waals surface area contributed by atoms with Gasteiger partial charge in [-0.25, -0.2) is 0 Å². The molecule has 2 heteroatoms. The lowest BCUT2D eigenvalue weighted by atomic mass is 10.0. The third-order valence-electron chi connectivity index (χ3n) is 3.39. The Morgan fingerprint density at radius 1 is 1.16 bits per heavy atom. The summed E-state index contributed by atoms with van der Waals surface area (Å²) in [7, 11) is 0. The molecule has 1 amide bonds. The van der Waals surface area contributed by atoms with Crippen LogP contribution in [0.25, 0.3) is 0 Å². The molecular formula is C17H27NO. The van der Waals surface area contributed by atoms with Crippen LogP contribution >= 0.6 is 0 Å². The fourth-order valence-electron chi connectivity index (χ4n) is 2.02. The maximum atomic E-state index is 11.6. The molecule has 0 bridgehead atoms. The lowest BCUT2D eigenvalue weighted by Crippen LogP contribution is -2.24. The van der Waals surface area contributed by atoms with Crippen molar-refractivity contribution >= 4 is 5.91 Å². The van der Waals surface area contributed by atoms with Crippen molar-refractivity contribution in [1.82, 2.24) is 5.32 Å². The highest BCUT2D eigenvalue weighted by molar-refractivity contribution is 5.76. The van der Waals surface area contributed by atoms with Gasteiger partial charge in [0.2, 0.25) is 5.91 Å². The Labute approximate surface area is 117 Å². The molecule has 0 aliphatic rings. The van der Waals surface area contributed by atoms with Gasteiger partial charge < -0.3 is 5.32 Å². The van der Waals surface area contributed by atoms with Crippen molar-refractivity contribution in [2.75, 3.05) is 6.54 Å². The Morgan fingerprint density at radius 3 is 2.42 bits per heavy atom. The molecule has 0 aromatic heterocycles. The highest BCUT2D eigenvalue weighted by Crippen LogP contribution is 2.15. The highest BCUT2D eigenvalue weighted by atomic mass is 16.1. The van der Waals surface area contributed by atoms with Crippen LogP contribution in [0.1, 0.15) is 63.5 Å². The first-order valence-corrected chi connectivity index (χ1v) is 7.49. The van der Waals surface area contributed by atoms with E-state index in [-0.39, 0.29) is 5.91 Å². The average molecular weight is 261 g/mol. The fourth-order valence-corrected chi connectivity index (χ4v) is 2.02. The molecule has 0 aliphatic heterocycles. The number of nitrogens with one attached hydrogen (secondary N) is 1. The second-order valence-corrected chi connectivity index (χ2v) is 5.45. The van der Waals surface area contributed by atoms with Gasteiger partial charge in [-0.2, -0.15) is 0 Å². The molecule has 0 atom stereocenters. The summed E-state index contributed by atoms with van der Waals surface area (Å²) in [6.45, 7) is 7.37. The molecule has 19 heavy (non-hydrogen) atoms. The Balaban J connectivity index is 2.26. The summed E-state index contributed by atoms with van der Waals surface area (Å²) in [5.41, 5.74) is 2.60. The molecular weight excluding hydrogens is 234 g/mol. The Kier molecular flexibility index (Phi) is 7.24. The largest absolute Gasteiger partial charge is 0.356 e. The van der Waals surface area contributed by atoms with Crippen LogP contribution in [0.2, 0.25) is 0 Å². The lowest BCUT2D eigenvalue weighted by molar-refractivity contribution is -0.121. The van der Waals surface area contributed by atoms with Gasteiger partial charge in [0.05, 0.1) is 0 Å². The average Bonchev–Trinajstić information content (AvgIpc) is 2.42. The first-order chi connectivity index (χ1) is 9.13. The van der Waals surface area contributed by atoms with Crippen LogP contribution in [0.3, 0.4) is 0 Å². The van der Waals surface area contributed by atoms with E-state index in [0.717, 1.165) is 19.4 Å². The van der Waals surface area contributed by atoms with E-state index >= 15 is 0 Å². The quantitative estimate of drug-likeness (QED) is 0.703. The summed E-state index contributed by atoms with van der Waals surface area (Å²) in [5.74, 6) is 0.736. The first-order valence-electron chi connectivity index (χ1n) is 7.49. The molecule has 0 aliphatic carbocycles. The zero-order valence-corrected chi connectivity index (χ0v) is 12.5. The van der Waals surface area contributed by atoms with Crippen LogP contribution < -0.4 is 5.32 Å². The van der Waals surface area contributed by atoms with Crippen LogP contribution in [-0.2, 0) is 11.2 Å². The van der Waals surface area contributed by atoms with Crippen molar-refractivity contribution in [3.05, 3.63) is 35.4 Å². The number of carbonyl (C=O) groups is 1. The van der Waals surface area contributed by atoms with E-state index in [1.807, 2.05) is 0 Å². The van der Waals surface area contributed by atoms with Gasteiger partial charge in [0, 0.05) is 13.0 Å². The summed E-state index contributed by atoms with van der Waals surface area (Å²) in [5, 5.41) is 2.98. The number of amides is 1. The van der Waals surface area contributed by atoms with Crippen LogP contribution in [-0.4, -0.2) is 12.5 Å². The maximum Gasteiger partial charge on any atom is 0.220 e. The van der Waals surface area contributed by atoms with E-state index in [9.17, 15) is 4.79 Å². The molecule has 0 fully saturated rings. The van der Waals surface area contributed by atoms with E-state index in [0.29, 0.717) is 12.3 Å². The third-order valence-corrected chi connectivity index (χ3v) is 3.39. The zero-order chi connectivity index (χ0) is 14.1. The van der Waals surface area contributed by atoms with Crippen molar-refractivity contribution in [2.45, 2.75) is 58.8 Å². The van der Waals surface area contributed by atoms with Gasteiger partial charge in [-0.1, -0.05) is 57.9 Å². The molecule has 106 valence electrons. The van der Waals surface area contributed by atoms with E-state index in [2.05, 4.69) is 50.4 Å². The summed E-state index contributed by atoms with van der Waals surface area (Å²) < 4.78 is 0. The minimum Gasteiger partial charge on any atom is -0.356 e. The van der Waals surface area contributed by atoms with Crippen molar-refractivity contribution < 1.29 is 4.79 Å². The number of unbranched alkanes of at least 4 members (excludes halogenated alkanes) is 2. The summed E-state index contributed by atoms with van der Waals surface area (Å²) in [4.78, 5) is 11.6. The van der Waals surface area contributed by atoms with Crippen molar-refractivity contribution in [3.8, 4) is 0 Å². The smallest absolute Gasteiger partial charge is 0.220 e. The van der Waals surface area contributed by atoms with E-state index in [1.165, 1.54) is 24.0 Å². The molecule has 1 aromatic carbocycles. The van der Waals surface area contributed by atoms with Crippen LogP contribution in [0.5, 0.6) is 0 Å². The molecule has 1 N–H and O–H groups in total. The molecule has 0 saturated heterocycles. The molecule has 1 aromatic rings. The number of rotatable bonds is 8. The van der Waals surface area contributed by atoms with E-state index in [1.54, 1.807) is 0 Å². The van der Waals surface area contributed by atoms with Gasteiger partial charge in [0.25, 0.3) is 0 Å². The molecule has 0 unspecified atom stereocenters. The summed E-state index contributed by atoms with van der Waals surface area (Å²) in [6.07, 6.45) is 4.89. The van der Waals surface area contributed by atoms with E-state index < -0.39 is 0 Å². The fraction of sp³-hybridized carbons (Fsp3) is 0.588. The van der Waals surface area contributed by atoms with Crippen molar-refractivity contribution in [1.29, 1.82) is 0 Å². The van der Waals surface area contributed by atoms with Crippen LogP contribution in [0.15, 0.2) is 24.3 Å². The second kappa shape index (κ2) is 8.73. The predicted octanol–water partition coefficient (Wildman–Crippen LogP) is 4.05. The minimum absolute atomic E-state index is 0.170. The van der Waals surface area contributed by atoms with Crippen LogP contribution in [0.4, 0.5) is 0 Å². The summed E-state index contributed by atoms with van der Waals surface area (Å²) in [6, 6.07) is 8.61. The van der Waals surface area contributed by atoms with Gasteiger partial charge in [-0.05, 0) is 29.9 Å². The van der Waals surface area contributed by atoms with E-state index in [4.69, 9.17) is 0 Å². The number of hydrogen-bond acceptors (Lipinski definition) is 1. The molecule has 2 nitrogen and oxygen atoms in total. The maximum absolute atomic E-state index is 11.6. The minimum atomic E-state index is 0.170. The normalized spacial score (nSPS) is 10.7. The Morgan fingerprint density at radius 2 is 1.84 bits per heavy atom. The molecule has 0 radical (unpaired) electrons. The third kappa shape index (κ3) is 6.42. The SMILES string of the molecule is CCCCCNC(=O)CCc1ccc(C(C)C)cc1. The number of benzene rings is 1. The highest BCUT2D eigenvalue weighted by Gasteiger charge is 2.03. The number of aryl methyl sites for hydroxylation is 1. The Bertz CT molecular complexity index is 367. The molecule has 0 spiro atoms. The van der Waals surface area contributed by atoms with Gasteiger partial charge in [0.1, 0.15) is 0 Å². The second-order valence-electron chi connectivity index (χ2n) is 5.45. The molecule has 0 heterocycles. The van der Waals surface area contributed by atoms with Gasteiger partial charge >= 0.3 is 0 Å². The molecule has 0 saturated carbocycles. The lowest BCUT2D eigenvalue weighted by Gasteiger charge is -2.07. The Hall–Kier alpha value is -1.31.